The van der Waals surface area contributed by atoms with Gasteiger partial charge in [0.15, 0.2) is 11.5 Å². The first kappa shape index (κ1) is 20.2. The minimum atomic E-state index is -0.380. The Morgan fingerprint density at radius 2 is 1.89 bits per heavy atom. The lowest BCUT2D eigenvalue weighted by atomic mass is 10.2. The first-order valence-corrected chi connectivity index (χ1v) is 9.54. The van der Waals surface area contributed by atoms with Gasteiger partial charge in [0.05, 0.1) is 13.3 Å². The SMILES string of the molecule is COc1cc(/C=N\N2CCN(Cc3ccccc3Cl)CC2)ccc1OC(C)=O. The van der Waals surface area contributed by atoms with Crippen molar-refractivity contribution in [3.05, 3.63) is 58.6 Å². The van der Waals surface area contributed by atoms with Crippen molar-refractivity contribution in [3.8, 4) is 11.5 Å². The molecular weight excluding hydrogens is 378 g/mol. The van der Waals surface area contributed by atoms with Crippen molar-refractivity contribution >= 4 is 23.8 Å². The fraction of sp³-hybridized carbons (Fsp3) is 0.333. The molecule has 0 radical (unpaired) electrons. The predicted octanol–water partition coefficient (Wildman–Crippen LogP) is 3.43. The number of halogens is 1. The van der Waals surface area contributed by atoms with Crippen molar-refractivity contribution in [2.24, 2.45) is 5.10 Å². The summed E-state index contributed by atoms with van der Waals surface area (Å²) in [5, 5.41) is 7.44. The Bertz CT molecular complexity index is 849. The zero-order valence-corrected chi connectivity index (χ0v) is 16.9. The summed E-state index contributed by atoms with van der Waals surface area (Å²) in [6, 6.07) is 13.3. The number of carbonyl (C=O) groups is 1. The first-order chi connectivity index (χ1) is 13.5. The molecule has 0 N–H and O–H groups in total. The molecule has 3 rings (SSSR count). The van der Waals surface area contributed by atoms with E-state index in [1.54, 1.807) is 25.5 Å². The molecule has 148 valence electrons. The Hall–Kier alpha value is -2.57. The second-order valence-corrected chi connectivity index (χ2v) is 6.98. The van der Waals surface area contributed by atoms with Gasteiger partial charge in [-0.15, -0.1) is 0 Å². The lowest BCUT2D eigenvalue weighted by Gasteiger charge is -2.33. The van der Waals surface area contributed by atoms with Crippen LogP contribution in [-0.4, -0.2) is 55.4 Å². The molecule has 6 nitrogen and oxygen atoms in total. The van der Waals surface area contributed by atoms with Crippen molar-refractivity contribution in [1.82, 2.24) is 9.91 Å². The maximum Gasteiger partial charge on any atom is 0.308 e. The second-order valence-electron chi connectivity index (χ2n) is 6.57. The van der Waals surface area contributed by atoms with Gasteiger partial charge in [0, 0.05) is 44.7 Å². The zero-order valence-electron chi connectivity index (χ0n) is 16.1. The van der Waals surface area contributed by atoms with Crippen LogP contribution in [0.5, 0.6) is 11.5 Å². The first-order valence-electron chi connectivity index (χ1n) is 9.16. The molecule has 28 heavy (non-hydrogen) atoms. The molecule has 1 aliphatic rings. The van der Waals surface area contributed by atoms with Crippen molar-refractivity contribution in [3.63, 3.8) is 0 Å². The lowest BCUT2D eigenvalue weighted by Crippen LogP contribution is -2.43. The Kier molecular flexibility index (Phi) is 6.90. The summed E-state index contributed by atoms with van der Waals surface area (Å²) >= 11 is 6.25. The van der Waals surface area contributed by atoms with E-state index in [2.05, 4.69) is 21.1 Å². The topological polar surface area (TPSA) is 54.4 Å². The van der Waals surface area contributed by atoms with E-state index < -0.39 is 0 Å². The standard InChI is InChI=1S/C21H24ClN3O3/c1-16(26)28-20-8-7-17(13-21(20)27-2)14-23-25-11-9-24(10-12-25)15-18-5-3-4-6-19(18)22/h3-8,13-14H,9-12,15H2,1-2H3/b23-14-. The fourth-order valence-electron chi connectivity index (χ4n) is 3.03. The number of rotatable bonds is 6. The summed E-state index contributed by atoms with van der Waals surface area (Å²) < 4.78 is 10.4. The third kappa shape index (κ3) is 5.47. The Balaban J connectivity index is 1.55. The number of nitrogens with zero attached hydrogens (tertiary/aromatic N) is 3. The molecule has 0 atom stereocenters. The number of ether oxygens (including phenoxy) is 2. The summed E-state index contributed by atoms with van der Waals surface area (Å²) in [5.41, 5.74) is 2.03. The highest BCUT2D eigenvalue weighted by Crippen LogP contribution is 2.27. The van der Waals surface area contributed by atoms with Crippen molar-refractivity contribution < 1.29 is 14.3 Å². The van der Waals surface area contributed by atoms with Crippen molar-refractivity contribution in [2.45, 2.75) is 13.5 Å². The van der Waals surface area contributed by atoms with Gasteiger partial charge in [-0.05, 0) is 35.4 Å². The quantitative estimate of drug-likeness (QED) is 0.421. The second kappa shape index (κ2) is 9.57. The molecule has 0 spiro atoms. The lowest BCUT2D eigenvalue weighted by molar-refractivity contribution is -0.132. The molecule has 1 saturated heterocycles. The number of benzene rings is 2. The van der Waals surface area contributed by atoms with E-state index in [-0.39, 0.29) is 5.97 Å². The number of carbonyl (C=O) groups excluding carboxylic acids is 1. The third-order valence-corrected chi connectivity index (χ3v) is 4.88. The summed E-state index contributed by atoms with van der Waals surface area (Å²) in [7, 11) is 1.54. The molecule has 0 bridgehead atoms. The average molecular weight is 402 g/mol. The van der Waals surface area contributed by atoms with Crippen LogP contribution in [0.15, 0.2) is 47.6 Å². The van der Waals surface area contributed by atoms with E-state index in [1.165, 1.54) is 6.92 Å². The van der Waals surface area contributed by atoms with Crippen molar-refractivity contribution in [1.29, 1.82) is 0 Å². The highest BCUT2D eigenvalue weighted by atomic mass is 35.5. The molecule has 1 fully saturated rings. The summed E-state index contributed by atoms with van der Waals surface area (Å²) in [5.74, 6) is 0.526. The molecule has 0 unspecified atom stereocenters. The average Bonchev–Trinajstić information content (AvgIpc) is 2.69. The van der Waals surface area contributed by atoms with E-state index in [0.29, 0.717) is 11.5 Å². The molecule has 7 heteroatoms. The van der Waals surface area contributed by atoms with Gasteiger partial charge in [0.1, 0.15) is 0 Å². The summed E-state index contributed by atoms with van der Waals surface area (Å²) in [4.78, 5) is 13.5. The zero-order chi connectivity index (χ0) is 19.9. The van der Waals surface area contributed by atoms with Crippen LogP contribution in [0.3, 0.4) is 0 Å². The van der Waals surface area contributed by atoms with E-state index in [1.807, 2.05) is 24.3 Å². The third-order valence-electron chi connectivity index (χ3n) is 4.51. The van der Waals surface area contributed by atoms with E-state index in [4.69, 9.17) is 21.1 Å². The van der Waals surface area contributed by atoms with Crippen LogP contribution in [-0.2, 0) is 11.3 Å². The van der Waals surface area contributed by atoms with Crippen LogP contribution in [0.2, 0.25) is 5.02 Å². The Labute approximate surface area is 170 Å². The van der Waals surface area contributed by atoms with Crippen LogP contribution in [0.1, 0.15) is 18.1 Å². The smallest absolute Gasteiger partial charge is 0.308 e. The number of methoxy groups -OCH3 is 1. The van der Waals surface area contributed by atoms with Crippen LogP contribution < -0.4 is 9.47 Å². The molecular formula is C21H24ClN3O3. The van der Waals surface area contributed by atoms with Gasteiger partial charge in [-0.3, -0.25) is 14.7 Å². The van der Waals surface area contributed by atoms with Crippen LogP contribution >= 0.6 is 11.6 Å². The summed E-state index contributed by atoms with van der Waals surface area (Å²) in [6.45, 7) is 5.77. The molecule has 0 aromatic heterocycles. The van der Waals surface area contributed by atoms with Crippen molar-refractivity contribution in [2.75, 3.05) is 33.3 Å². The van der Waals surface area contributed by atoms with Gasteiger partial charge in [-0.25, -0.2) is 0 Å². The van der Waals surface area contributed by atoms with E-state index >= 15 is 0 Å². The van der Waals surface area contributed by atoms with Gasteiger partial charge in [-0.1, -0.05) is 29.8 Å². The monoisotopic (exact) mass is 401 g/mol. The number of hydrogen-bond acceptors (Lipinski definition) is 6. The van der Waals surface area contributed by atoms with Crippen LogP contribution in [0.25, 0.3) is 0 Å². The number of esters is 1. The molecule has 1 aliphatic heterocycles. The highest BCUT2D eigenvalue weighted by molar-refractivity contribution is 6.31. The largest absolute Gasteiger partial charge is 0.493 e. The molecule has 2 aromatic carbocycles. The van der Waals surface area contributed by atoms with Crippen LogP contribution in [0.4, 0.5) is 0 Å². The highest BCUT2D eigenvalue weighted by Gasteiger charge is 2.16. The van der Waals surface area contributed by atoms with E-state index in [9.17, 15) is 4.79 Å². The van der Waals surface area contributed by atoms with Crippen LogP contribution in [0, 0.1) is 0 Å². The van der Waals surface area contributed by atoms with Gasteiger partial charge >= 0.3 is 5.97 Å². The minimum absolute atomic E-state index is 0.380. The molecule has 2 aromatic rings. The number of hydrogen-bond donors (Lipinski definition) is 0. The fourth-order valence-corrected chi connectivity index (χ4v) is 3.23. The maximum absolute atomic E-state index is 11.1. The van der Waals surface area contributed by atoms with Gasteiger partial charge in [0.25, 0.3) is 0 Å². The summed E-state index contributed by atoms with van der Waals surface area (Å²) in [6.07, 6.45) is 1.80. The minimum Gasteiger partial charge on any atom is -0.493 e. The maximum atomic E-state index is 11.1. The van der Waals surface area contributed by atoms with E-state index in [0.717, 1.165) is 48.9 Å². The molecule has 0 saturated carbocycles. The normalized spacial score (nSPS) is 15.0. The number of hydrazone groups is 1. The molecule has 0 amide bonds. The molecule has 0 aliphatic carbocycles. The predicted molar refractivity (Wildman–Crippen MR) is 110 cm³/mol. The molecule has 1 heterocycles. The Morgan fingerprint density at radius 3 is 2.57 bits per heavy atom. The number of piperazine rings is 1. The van der Waals surface area contributed by atoms with Gasteiger partial charge in [-0.2, -0.15) is 5.10 Å². The Morgan fingerprint density at radius 1 is 1.14 bits per heavy atom. The van der Waals surface area contributed by atoms with Gasteiger partial charge < -0.3 is 9.47 Å². The van der Waals surface area contributed by atoms with Gasteiger partial charge in [0.2, 0.25) is 0 Å².